The van der Waals surface area contributed by atoms with Crippen LogP contribution in [0.3, 0.4) is 0 Å². The molecule has 0 aromatic heterocycles. The monoisotopic (exact) mass is 380 g/mol. The zero-order valence-electron chi connectivity index (χ0n) is 16.4. The SMILES string of the molecule is COC(=O)c1ccc(/C=C/C(=O)c2ccc(OC)c(C[NH+]3CCCC3)c2)cc1. The predicted molar refractivity (Wildman–Crippen MR) is 108 cm³/mol. The number of quaternary nitrogens is 1. The molecule has 0 unspecified atom stereocenters. The van der Waals surface area contributed by atoms with Gasteiger partial charge < -0.3 is 14.4 Å². The second-order valence-electron chi connectivity index (χ2n) is 6.97. The van der Waals surface area contributed by atoms with E-state index in [1.54, 1.807) is 49.6 Å². The number of carbonyl (C=O) groups is 2. The number of esters is 1. The van der Waals surface area contributed by atoms with Crippen molar-refractivity contribution in [2.75, 3.05) is 27.3 Å². The van der Waals surface area contributed by atoms with Crippen molar-refractivity contribution in [3.05, 3.63) is 70.8 Å². The van der Waals surface area contributed by atoms with E-state index in [1.807, 2.05) is 12.1 Å². The molecule has 28 heavy (non-hydrogen) atoms. The molecule has 3 rings (SSSR count). The van der Waals surface area contributed by atoms with Crippen molar-refractivity contribution in [1.82, 2.24) is 0 Å². The van der Waals surface area contributed by atoms with Gasteiger partial charge >= 0.3 is 5.97 Å². The standard InChI is InChI=1S/C23H25NO4/c1-27-22-12-10-19(15-20(22)16-24-13-3-4-14-24)21(25)11-7-17-5-8-18(9-6-17)23(26)28-2/h5-12,15H,3-4,13-14,16H2,1-2H3/p+1/b11-7+. The number of rotatable bonds is 7. The molecule has 0 amide bonds. The van der Waals surface area contributed by atoms with Crippen molar-refractivity contribution in [2.45, 2.75) is 19.4 Å². The van der Waals surface area contributed by atoms with Crippen LogP contribution in [0.25, 0.3) is 6.08 Å². The summed E-state index contributed by atoms with van der Waals surface area (Å²) in [5.41, 5.74) is 3.05. The van der Waals surface area contributed by atoms with Gasteiger partial charge in [-0.05, 0) is 42.0 Å². The van der Waals surface area contributed by atoms with Crippen LogP contribution < -0.4 is 9.64 Å². The molecule has 1 N–H and O–H groups in total. The van der Waals surface area contributed by atoms with Crippen LogP contribution in [-0.2, 0) is 11.3 Å². The van der Waals surface area contributed by atoms with Gasteiger partial charge in [0.1, 0.15) is 12.3 Å². The topological polar surface area (TPSA) is 57.0 Å². The zero-order chi connectivity index (χ0) is 19.9. The number of hydrogen-bond acceptors (Lipinski definition) is 4. The molecule has 0 bridgehead atoms. The van der Waals surface area contributed by atoms with Gasteiger partial charge in [-0.2, -0.15) is 0 Å². The Hall–Kier alpha value is -2.92. The summed E-state index contributed by atoms with van der Waals surface area (Å²) in [4.78, 5) is 25.6. The van der Waals surface area contributed by atoms with Crippen LogP contribution in [-0.4, -0.2) is 39.1 Å². The van der Waals surface area contributed by atoms with E-state index in [9.17, 15) is 9.59 Å². The van der Waals surface area contributed by atoms with E-state index < -0.39 is 0 Å². The summed E-state index contributed by atoms with van der Waals surface area (Å²) in [6.07, 6.45) is 5.82. The van der Waals surface area contributed by atoms with Crippen molar-refractivity contribution in [2.24, 2.45) is 0 Å². The van der Waals surface area contributed by atoms with Gasteiger partial charge in [-0.1, -0.05) is 18.2 Å². The Morgan fingerprint density at radius 3 is 2.32 bits per heavy atom. The van der Waals surface area contributed by atoms with E-state index in [-0.39, 0.29) is 11.8 Å². The van der Waals surface area contributed by atoms with Crippen molar-refractivity contribution in [3.63, 3.8) is 0 Å². The number of methoxy groups -OCH3 is 2. The van der Waals surface area contributed by atoms with Crippen LogP contribution in [0.2, 0.25) is 0 Å². The Labute approximate surface area is 165 Å². The van der Waals surface area contributed by atoms with Gasteiger partial charge in [-0.15, -0.1) is 0 Å². The van der Waals surface area contributed by atoms with Crippen LogP contribution in [0, 0.1) is 0 Å². The highest BCUT2D eigenvalue weighted by Gasteiger charge is 2.18. The highest BCUT2D eigenvalue weighted by Crippen LogP contribution is 2.20. The Morgan fingerprint density at radius 1 is 1.00 bits per heavy atom. The summed E-state index contributed by atoms with van der Waals surface area (Å²) in [5, 5.41) is 0. The highest BCUT2D eigenvalue weighted by atomic mass is 16.5. The van der Waals surface area contributed by atoms with Crippen LogP contribution in [0.4, 0.5) is 0 Å². The first kappa shape index (κ1) is 19.8. The molecule has 0 atom stereocenters. The zero-order valence-corrected chi connectivity index (χ0v) is 16.4. The quantitative estimate of drug-likeness (QED) is 0.456. The average molecular weight is 380 g/mol. The Morgan fingerprint density at radius 2 is 1.68 bits per heavy atom. The fourth-order valence-electron chi connectivity index (χ4n) is 3.51. The van der Waals surface area contributed by atoms with Crippen LogP contribution in [0.5, 0.6) is 5.75 Å². The molecular formula is C23H26NO4+. The first-order valence-corrected chi connectivity index (χ1v) is 9.52. The number of ether oxygens (including phenoxy) is 2. The molecule has 0 saturated carbocycles. The fraction of sp³-hybridized carbons (Fsp3) is 0.304. The first-order chi connectivity index (χ1) is 13.6. The summed E-state index contributed by atoms with van der Waals surface area (Å²) in [6, 6.07) is 12.5. The number of hydrogen-bond donors (Lipinski definition) is 1. The van der Waals surface area contributed by atoms with Gasteiger partial charge in [0.2, 0.25) is 0 Å². The second kappa shape index (κ2) is 9.33. The number of benzene rings is 2. The van der Waals surface area contributed by atoms with Gasteiger partial charge in [-0.3, -0.25) is 4.79 Å². The molecule has 1 aliphatic rings. The molecular weight excluding hydrogens is 354 g/mol. The first-order valence-electron chi connectivity index (χ1n) is 9.52. The Balaban J connectivity index is 1.72. The summed E-state index contributed by atoms with van der Waals surface area (Å²) in [7, 11) is 3.01. The smallest absolute Gasteiger partial charge is 0.337 e. The van der Waals surface area contributed by atoms with E-state index in [2.05, 4.69) is 4.74 Å². The molecule has 0 radical (unpaired) electrons. The lowest BCUT2D eigenvalue weighted by atomic mass is 10.0. The Kier molecular flexibility index (Phi) is 6.61. The van der Waals surface area contributed by atoms with Crippen molar-refractivity contribution < 1.29 is 24.0 Å². The molecule has 1 fully saturated rings. The van der Waals surface area contributed by atoms with Crippen LogP contribution in [0.1, 0.15) is 44.7 Å². The molecule has 5 nitrogen and oxygen atoms in total. The van der Waals surface area contributed by atoms with Gasteiger partial charge in [0, 0.05) is 24.0 Å². The molecule has 1 heterocycles. The lowest BCUT2D eigenvalue weighted by Crippen LogP contribution is -3.08. The maximum atomic E-state index is 12.6. The van der Waals surface area contributed by atoms with E-state index in [1.165, 1.54) is 37.9 Å². The van der Waals surface area contributed by atoms with Gasteiger partial charge in [-0.25, -0.2) is 4.79 Å². The fourth-order valence-corrected chi connectivity index (χ4v) is 3.51. The molecule has 1 aliphatic heterocycles. The number of likely N-dealkylation sites (tertiary alicyclic amines) is 1. The van der Waals surface area contributed by atoms with Crippen molar-refractivity contribution in [3.8, 4) is 5.75 Å². The van der Waals surface area contributed by atoms with Gasteiger partial charge in [0.25, 0.3) is 0 Å². The molecule has 146 valence electrons. The van der Waals surface area contributed by atoms with E-state index >= 15 is 0 Å². The summed E-state index contributed by atoms with van der Waals surface area (Å²) >= 11 is 0. The minimum atomic E-state index is -0.377. The minimum absolute atomic E-state index is 0.0580. The molecule has 1 saturated heterocycles. The van der Waals surface area contributed by atoms with Gasteiger partial charge in [0.15, 0.2) is 5.78 Å². The minimum Gasteiger partial charge on any atom is -0.496 e. The van der Waals surface area contributed by atoms with E-state index in [0.29, 0.717) is 11.1 Å². The molecule has 5 heteroatoms. The summed E-state index contributed by atoms with van der Waals surface area (Å²) in [5.74, 6) is 0.396. The maximum absolute atomic E-state index is 12.6. The maximum Gasteiger partial charge on any atom is 0.337 e. The summed E-state index contributed by atoms with van der Waals surface area (Å²) < 4.78 is 10.2. The average Bonchev–Trinajstić information content (AvgIpc) is 3.24. The third-order valence-electron chi connectivity index (χ3n) is 5.07. The van der Waals surface area contributed by atoms with Crippen LogP contribution >= 0.6 is 0 Å². The molecule has 2 aromatic rings. The molecule has 0 spiro atoms. The van der Waals surface area contributed by atoms with Crippen molar-refractivity contribution >= 4 is 17.8 Å². The second-order valence-corrected chi connectivity index (χ2v) is 6.97. The molecule has 2 aromatic carbocycles. The third kappa shape index (κ3) is 4.87. The van der Waals surface area contributed by atoms with Crippen LogP contribution in [0.15, 0.2) is 48.5 Å². The predicted octanol–water partition coefficient (Wildman–Crippen LogP) is 2.56. The van der Waals surface area contributed by atoms with E-state index in [4.69, 9.17) is 4.74 Å². The van der Waals surface area contributed by atoms with Crippen molar-refractivity contribution in [1.29, 1.82) is 0 Å². The Bertz CT molecular complexity index is 865. The summed E-state index contributed by atoms with van der Waals surface area (Å²) in [6.45, 7) is 3.22. The van der Waals surface area contributed by atoms with E-state index in [0.717, 1.165) is 23.4 Å². The number of carbonyl (C=O) groups excluding carboxylic acids is 2. The lowest BCUT2D eigenvalue weighted by Gasteiger charge is -2.15. The third-order valence-corrected chi connectivity index (χ3v) is 5.07. The molecule has 0 aliphatic carbocycles. The largest absolute Gasteiger partial charge is 0.496 e. The number of ketones is 1. The number of allylic oxidation sites excluding steroid dienone is 1. The van der Waals surface area contributed by atoms with Gasteiger partial charge in [0.05, 0.1) is 32.9 Å². The lowest BCUT2D eigenvalue weighted by molar-refractivity contribution is -0.901. The number of nitrogens with one attached hydrogen (secondary N) is 1. The highest BCUT2D eigenvalue weighted by molar-refractivity contribution is 6.07. The normalized spacial score (nSPS) is 14.4.